The molecule has 0 atom stereocenters. The summed E-state index contributed by atoms with van der Waals surface area (Å²) in [7, 11) is -3.70. The molecule has 2 aromatic carbocycles. The van der Waals surface area contributed by atoms with Crippen molar-refractivity contribution >= 4 is 21.6 Å². The number of rotatable bonds is 7. The molecule has 0 aliphatic heterocycles. The summed E-state index contributed by atoms with van der Waals surface area (Å²) in [6, 6.07) is 14.2. The standard InChI is InChI=1S/C20H26N2O3S/c1-5-22(26(24,25)19-12-6-16(4)7-13-19)14-20(23)21-18-10-8-17(9-11-18)15(2)3/h6-13,15H,5,14H2,1-4H3,(H,21,23). The number of hydrogen-bond acceptors (Lipinski definition) is 3. The van der Waals surface area contributed by atoms with Crippen LogP contribution < -0.4 is 5.32 Å². The molecule has 0 saturated heterocycles. The Balaban J connectivity index is 2.08. The molecule has 0 spiro atoms. The minimum atomic E-state index is -3.70. The first-order valence-electron chi connectivity index (χ1n) is 8.70. The smallest absolute Gasteiger partial charge is 0.243 e. The van der Waals surface area contributed by atoms with Gasteiger partial charge in [-0.1, -0.05) is 50.6 Å². The first-order valence-corrected chi connectivity index (χ1v) is 10.1. The van der Waals surface area contributed by atoms with Gasteiger partial charge in [0.25, 0.3) is 0 Å². The summed E-state index contributed by atoms with van der Waals surface area (Å²) in [6.45, 7) is 7.81. The van der Waals surface area contributed by atoms with Crippen LogP contribution in [0.2, 0.25) is 0 Å². The Morgan fingerprint density at radius 2 is 1.62 bits per heavy atom. The molecule has 0 saturated carbocycles. The lowest BCUT2D eigenvalue weighted by Crippen LogP contribution is -2.37. The largest absolute Gasteiger partial charge is 0.325 e. The number of nitrogens with zero attached hydrogens (tertiary/aromatic N) is 1. The molecule has 0 fully saturated rings. The molecule has 6 heteroatoms. The normalized spacial score (nSPS) is 11.8. The van der Waals surface area contributed by atoms with Crippen molar-refractivity contribution in [3.63, 3.8) is 0 Å². The van der Waals surface area contributed by atoms with Gasteiger partial charge in [-0.3, -0.25) is 4.79 Å². The van der Waals surface area contributed by atoms with E-state index in [0.717, 1.165) is 5.56 Å². The van der Waals surface area contributed by atoms with E-state index in [4.69, 9.17) is 0 Å². The zero-order chi connectivity index (χ0) is 19.3. The summed E-state index contributed by atoms with van der Waals surface area (Å²) in [4.78, 5) is 12.5. The molecule has 26 heavy (non-hydrogen) atoms. The van der Waals surface area contributed by atoms with Crippen LogP contribution in [0, 0.1) is 6.92 Å². The Kier molecular flexibility index (Phi) is 6.56. The van der Waals surface area contributed by atoms with Gasteiger partial charge in [0.05, 0.1) is 11.4 Å². The van der Waals surface area contributed by atoms with Crippen LogP contribution in [0.15, 0.2) is 53.4 Å². The Hall–Kier alpha value is -2.18. The number of nitrogens with one attached hydrogen (secondary N) is 1. The van der Waals surface area contributed by atoms with E-state index >= 15 is 0 Å². The highest BCUT2D eigenvalue weighted by Gasteiger charge is 2.25. The molecule has 0 unspecified atom stereocenters. The first-order chi connectivity index (χ1) is 12.2. The highest BCUT2D eigenvalue weighted by molar-refractivity contribution is 7.89. The van der Waals surface area contributed by atoms with E-state index in [1.54, 1.807) is 31.2 Å². The van der Waals surface area contributed by atoms with E-state index in [1.165, 1.54) is 9.87 Å². The fraction of sp³-hybridized carbons (Fsp3) is 0.350. The Morgan fingerprint density at radius 3 is 2.12 bits per heavy atom. The second kappa shape index (κ2) is 8.47. The molecule has 5 nitrogen and oxygen atoms in total. The zero-order valence-corrected chi connectivity index (χ0v) is 16.5. The second-order valence-corrected chi connectivity index (χ2v) is 8.51. The highest BCUT2D eigenvalue weighted by atomic mass is 32.2. The Labute approximate surface area is 156 Å². The van der Waals surface area contributed by atoms with Crippen molar-refractivity contribution in [1.29, 1.82) is 0 Å². The summed E-state index contributed by atoms with van der Waals surface area (Å²) < 4.78 is 26.6. The van der Waals surface area contributed by atoms with Gasteiger partial charge in [-0.25, -0.2) is 8.42 Å². The first kappa shape index (κ1) is 20.1. The monoisotopic (exact) mass is 374 g/mol. The van der Waals surface area contributed by atoms with Crippen molar-refractivity contribution in [2.75, 3.05) is 18.4 Å². The van der Waals surface area contributed by atoms with Crippen molar-refractivity contribution in [1.82, 2.24) is 4.31 Å². The van der Waals surface area contributed by atoms with E-state index in [1.807, 2.05) is 31.2 Å². The molecule has 1 N–H and O–H groups in total. The molecule has 140 valence electrons. The third-order valence-corrected chi connectivity index (χ3v) is 6.13. The maximum absolute atomic E-state index is 12.7. The van der Waals surface area contributed by atoms with Crippen molar-refractivity contribution < 1.29 is 13.2 Å². The number of hydrogen-bond donors (Lipinski definition) is 1. The highest BCUT2D eigenvalue weighted by Crippen LogP contribution is 2.18. The minimum Gasteiger partial charge on any atom is -0.325 e. The minimum absolute atomic E-state index is 0.194. The SMILES string of the molecule is CCN(CC(=O)Nc1ccc(C(C)C)cc1)S(=O)(=O)c1ccc(C)cc1. The quantitative estimate of drug-likeness (QED) is 0.802. The molecular formula is C20H26N2O3S. The van der Waals surface area contributed by atoms with Crippen molar-refractivity contribution in [3.8, 4) is 0 Å². The summed E-state index contributed by atoms with van der Waals surface area (Å²) in [5.74, 6) is 0.0508. The van der Waals surface area contributed by atoms with Crippen LogP contribution in [0.5, 0.6) is 0 Å². The van der Waals surface area contributed by atoms with Gasteiger partial charge in [0, 0.05) is 12.2 Å². The molecule has 0 heterocycles. The van der Waals surface area contributed by atoms with Gasteiger partial charge in [-0.15, -0.1) is 0 Å². The molecular weight excluding hydrogens is 348 g/mol. The molecule has 2 rings (SSSR count). The van der Waals surface area contributed by atoms with Gasteiger partial charge in [0.1, 0.15) is 0 Å². The molecule has 0 bridgehead atoms. The maximum atomic E-state index is 12.7. The van der Waals surface area contributed by atoms with Crippen LogP contribution in [0.4, 0.5) is 5.69 Å². The number of carbonyl (C=O) groups excluding carboxylic acids is 1. The maximum Gasteiger partial charge on any atom is 0.243 e. The number of anilines is 1. The van der Waals surface area contributed by atoms with Crippen LogP contribution in [0.1, 0.15) is 37.8 Å². The fourth-order valence-corrected chi connectivity index (χ4v) is 3.94. The lowest BCUT2D eigenvalue weighted by molar-refractivity contribution is -0.116. The summed E-state index contributed by atoms with van der Waals surface area (Å²) >= 11 is 0. The zero-order valence-electron chi connectivity index (χ0n) is 15.7. The number of aryl methyl sites for hydroxylation is 1. The van der Waals surface area contributed by atoms with Crippen LogP contribution in [0.3, 0.4) is 0 Å². The van der Waals surface area contributed by atoms with E-state index in [2.05, 4.69) is 19.2 Å². The molecule has 2 aromatic rings. The van der Waals surface area contributed by atoms with E-state index < -0.39 is 10.0 Å². The van der Waals surface area contributed by atoms with Gasteiger partial charge in [0.2, 0.25) is 15.9 Å². The lowest BCUT2D eigenvalue weighted by Gasteiger charge is -2.20. The number of carbonyl (C=O) groups is 1. The van der Waals surface area contributed by atoms with Gasteiger partial charge >= 0.3 is 0 Å². The molecule has 1 amide bonds. The number of likely N-dealkylation sites (N-methyl/N-ethyl adjacent to an activating group) is 1. The third kappa shape index (κ3) is 4.93. The van der Waals surface area contributed by atoms with Crippen LogP contribution in [-0.2, 0) is 14.8 Å². The van der Waals surface area contributed by atoms with Gasteiger partial charge in [0.15, 0.2) is 0 Å². The molecule has 0 radical (unpaired) electrons. The Morgan fingerprint density at radius 1 is 1.04 bits per heavy atom. The van der Waals surface area contributed by atoms with Crippen LogP contribution in [-0.4, -0.2) is 31.7 Å². The van der Waals surface area contributed by atoms with Crippen molar-refractivity contribution in [3.05, 3.63) is 59.7 Å². The molecule has 0 aliphatic rings. The van der Waals surface area contributed by atoms with Crippen LogP contribution >= 0.6 is 0 Å². The summed E-state index contributed by atoms with van der Waals surface area (Å²) in [5.41, 5.74) is 2.82. The number of benzene rings is 2. The fourth-order valence-electron chi connectivity index (χ4n) is 2.54. The number of amides is 1. The third-order valence-electron chi connectivity index (χ3n) is 4.19. The van der Waals surface area contributed by atoms with E-state index in [9.17, 15) is 13.2 Å². The topological polar surface area (TPSA) is 66.5 Å². The van der Waals surface area contributed by atoms with Gasteiger partial charge in [-0.2, -0.15) is 4.31 Å². The summed E-state index contributed by atoms with van der Waals surface area (Å²) in [6.07, 6.45) is 0. The second-order valence-electron chi connectivity index (χ2n) is 6.57. The average Bonchev–Trinajstić information content (AvgIpc) is 2.60. The van der Waals surface area contributed by atoms with E-state index in [0.29, 0.717) is 11.6 Å². The van der Waals surface area contributed by atoms with Gasteiger partial charge < -0.3 is 5.32 Å². The van der Waals surface area contributed by atoms with E-state index in [-0.39, 0.29) is 23.9 Å². The predicted molar refractivity (Wildman–Crippen MR) is 105 cm³/mol. The van der Waals surface area contributed by atoms with Gasteiger partial charge in [-0.05, 0) is 42.7 Å². The summed E-state index contributed by atoms with van der Waals surface area (Å²) in [5, 5.41) is 2.76. The molecule has 0 aromatic heterocycles. The number of sulfonamides is 1. The Bertz CT molecular complexity index is 842. The van der Waals surface area contributed by atoms with Crippen molar-refractivity contribution in [2.24, 2.45) is 0 Å². The molecule has 0 aliphatic carbocycles. The lowest BCUT2D eigenvalue weighted by atomic mass is 10.0. The predicted octanol–water partition coefficient (Wildman–Crippen LogP) is 3.77. The van der Waals surface area contributed by atoms with Crippen molar-refractivity contribution in [2.45, 2.75) is 38.5 Å². The average molecular weight is 375 g/mol. The van der Waals surface area contributed by atoms with Crippen LogP contribution in [0.25, 0.3) is 0 Å².